The van der Waals surface area contributed by atoms with Gasteiger partial charge in [-0.05, 0) is 56.2 Å². The molecule has 0 bridgehead atoms. The van der Waals surface area contributed by atoms with Gasteiger partial charge in [-0.15, -0.1) is 0 Å². The van der Waals surface area contributed by atoms with Crippen LogP contribution in [0.2, 0.25) is 0 Å². The fourth-order valence-electron chi connectivity index (χ4n) is 3.26. The van der Waals surface area contributed by atoms with Crippen molar-refractivity contribution in [3.05, 3.63) is 54.1 Å². The lowest BCUT2D eigenvalue weighted by Crippen LogP contribution is -2.90. The summed E-state index contributed by atoms with van der Waals surface area (Å²) >= 11 is 0. The third-order valence-electron chi connectivity index (χ3n) is 5.08. The van der Waals surface area contributed by atoms with E-state index >= 15 is 0 Å². The molecule has 1 fully saturated rings. The number of carbonyl (C=O) groups excluding carboxylic acids is 1. The molecule has 1 heterocycles. The van der Waals surface area contributed by atoms with Crippen molar-refractivity contribution in [1.82, 2.24) is 4.31 Å². The molecule has 3 N–H and O–H groups in total. The first kappa shape index (κ1) is 21.3. The molecule has 0 aliphatic carbocycles. The fourth-order valence-corrected chi connectivity index (χ4v) is 4.78. The third kappa shape index (κ3) is 5.35. The topological polar surface area (TPSA) is 92.3 Å². The Hall–Kier alpha value is -2.42. The van der Waals surface area contributed by atoms with E-state index in [0.717, 1.165) is 24.2 Å². The Kier molecular flexibility index (Phi) is 6.89. The molecule has 0 spiro atoms. The van der Waals surface area contributed by atoms with E-state index in [2.05, 4.69) is 5.32 Å². The maximum absolute atomic E-state index is 12.6. The smallest absolute Gasteiger partial charge is 0.282 e. The Morgan fingerprint density at radius 3 is 2.52 bits per heavy atom. The first-order valence-corrected chi connectivity index (χ1v) is 11.2. The van der Waals surface area contributed by atoms with Gasteiger partial charge in [-0.3, -0.25) is 4.79 Å². The van der Waals surface area contributed by atoms with Gasteiger partial charge in [0.1, 0.15) is 12.3 Å². The molecule has 7 nitrogen and oxygen atoms in total. The van der Waals surface area contributed by atoms with Crippen LogP contribution in [-0.2, 0) is 21.4 Å². The second-order valence-electron chi connectivity index (χ2n) is 7.20. The molecule has 0 radical (unpaired) electrons. The number of carbonyl (C=O) groups is 1. The van der Waals surface area contributed by atoms with Crippen molar-refractivity contribution in [2.45, 2.75) is 37.2 Å². The average Bonchev–Trinajstić information content (AvgIpc) is 3.28. The number of quaternary nitrogens is 1. The van der Waals surface area contributed by atoms with Crippen LogP contribution in [0.5, 0.6) is 5.75 Å². The van der Waals surface area contributed by atoms with E-state index in [1.54, 1.807) is 31.4 Å². The molecular weight excluding hydrogens is 390 g/mol. The third-order valence-corrected chi connectivity index (χ3v) is 6.99. The highest BCUT2D eigenvalue weighted by molar-refractivity contribution is 7.89. The van der Waals surface area contributed by atoms with Crippen LogP contribution in [0.25, 0.3) is 0 Å². The molecule has 1 atom stereocenters. The number of sulfonamides is 1. The van der Waals surface area contributed by atoms with Crippen LogP contribution in [0.4, 0.5) is 5.69 Å². The van der Waals surface area contributed by atoms with E-state index in [0.29, 0.717) is 25.3 Å². The number of hydrogen-bond acceptors (Lipinski definition) is 4. The van der Waals surface area contributed by atoms with Crippen molar-refractivity contribution >= 4 is 21.6 Å². The standard InChI is InChI=1S/C21H27N3O4S/c1-16(22-15-17-6-5-7-19(14-17)28-2)21(25)23-18-8-10-20(11-9-18)29(26,27)24-12-3-4-13-24/h5-11,14,16,22H,3-4,12-13,15H2,1-2H3,(H,23,25)/p+1/t16-/m0/s1. The number of hydrogen-bond donors (Lipinski definition) is 2. The maximum atomic E-state index is 12.6. The summed E-state index contributed by atoms with van der Waals surface area (Å²) in [6, 6.07) is 13.8. The summed E-state index contributed by atoms with van der Waals surface area (Å²) in [5, 5.41) is 4.79. The van der Waals surface area contributed by atoms with Gasteiger partial charge in [0.05, 0.1) is 12.0 Å². The highest BCUT2D eigenvalue weighted by Crippen LogP contribution is 2.22. The van der Waals surface area contributed by atoms with Gasteiger partial charge in [0.15, 0.2) is 6.04 Å². The van der Waals surface area contributed by atoms with Gasteiger partial charge >= 0.3 is 0 Å². The number of nitrogens with one attached hydrogen (secondary N) is 1. The number of nitrogens with two attached hydrogens (primary N) is 1. The largest absolute Gasteiger partial charge is 0.497 e. The molecule has 3 rings (SSSR count). The van der Waals surface area contributed by atoms with Gasteiger partial charge in [-0.25, -0.2) is 8.42 Å². The van der Waals surface area contributed by atoms with Crippen LogP contribution < -0.4 is 15.4 Å². The maximum Gasteiger partial charge on any atom is 0.282 e. The molecule has 0 aromatic heterocycles. The molecule has 156 valence electrons. The fraction of sp³-hybridized carbons (Fsp3) is 0.381. The number of methoxy groups -OCH3 is 1. The molecule has 0 saturated carbocycles. The first-order valence-electron chi connectivity index (χ1n) is 9.77. The second-order valence-corrected chi connectivity index (χ2v) is 9.14. The van der Waals surface area contributed by atoms with Crippen LogP contribution in [0.3, 0.4) is 0 Å². The Balaban J connectivity index is 1.55. The summed E-state index contributed by atoms with van der Waals surface area (Å²) < 4.78 is 31.9. The van der Waals surface area contributed by atoms with Gasteiger partial charge in [0, 0.05) is 24.3 Å². The van der Waals surface area contributed by atoms with Gasteiger partial charge < -0.3 is 15.4 Å². The summed E-state index contributed by atoms with van der Waals surface area (Å²) in [6.45, 7) is 3.63. The SMILES string of the molecule is COc1cccc(C[NH2+][C@@H](C)C(=O)Nc2ccc(S(=O)(=O)N3CCCC3)cc2)c1. The number of anilines is 1. The number of rotatable bonds is 8. The molecular formula is C21H28N3O4S+. The van der Waals surface area contributed by atoms with Gasteiger partial charge in [-0.1, -0.05) is 12.1 Å². The zero-order chi connectivity index (χ0) is 20.9. The minimum Gasteiger partial charge on any atom is -0.497 e. The van der Waals surface area contributed by atoms with Crippen molar-refractivity contribution in [2.75, 3.05) is 25.5 Å². The predicted molar refractivity (Wildman–Crippen MR) is 111 cm³/mol. The van der Waals surface area contributed by atoms with Crippen molar-refractivity contribution in [3.8, 4) is 5.75 Å². The molecule has 0 unspecified atom stereocenters. The second kappa shape index (κ2) is 9.39. The number of amides is 1. The van der Waals surface area contributed by atoms with E-state index in [9.17, 15) is 13.2 Å². The number of benzene rings is 2. The summed E-state index contributed by atoms with van der Waals surface area (Å²) in [5.74, 6) is 0.653. The molecule has 1 aliphatic heterocycles. The van der Waals surface area contributed by atoms with Gasteiger partial charge in [0.2, 0.25) is 10.0 Å². The van der Waals surface area contributed by atoms with Crippen LogP contribution in [0.1, 0.15) is 25.3 Å². The lowest BCUT2D eigenvalue weighted by molar-refractivity contribution is -0.688. The van der Waals surface area contributed by atoms with E-state index in [1.807, 2.05) is 36.5 Å². The highest BCUT2D eigenvalue weighted by atomic mass is 32.2. The quantitative estimate of drug-likeness (QED) is 0.681. The van der Waals surface area contributed by atoms with Crippen molar-refractivity contribution < 1.29 is 23.3 Å². The van der Waals surface area contributed by atoms with Crippen molar-refractivity contribution in [3.63, 3.8) is 0 Å². The van der Waals surface area contributed by atoms with Gasteiger partial charge in [0.25, 0.3) is 5.91 Å². The minimum atomic E-state index is -3.44. The van der Waals surface area contributed by atoms with Crippen molar-refractivity contribution in [2.24, 2.45) is 0 Å². The lowest BCUT2D eigenvalue weighted by atomic mass is 10.2. The molecule has 1 saturated heterocycles. The Morgan fingerprint density at radius 1 is 1.17 bits per heavy atom. The molecule has 1 amide bonds. The summed E-state index contributed by atoms with van der Waals surface area (Å²) in [4.78, 5) is 12.7. The molecule has 2 aromatic rings. The normalized spacial score (nSPS) is 15.8. The zero-order valence-electron chi connectivity index (χ0n) is 16.8. The Morgan fingerprint density at radius 2 is 1.86 bits per heavy atom. The number of ether oxygens (including phenoxy) is 1. The van der Waals surface area contributed by atoms with Crippen LogP contribution >= 0.6 is 0 Å². The minimum absolute atomic E-state index is 0.136. The average molecular weight is 419 g/mol. The molecule has 1 aliphatic rings. The van der Waals surface area contributed by atoms with E-state index in [1.165, 1.54) is 4.31 Å². The summed E-state index contributed by atoms with van der Waals surface area (Å²) in [6.07, 6.45) is 1.80. The lowest BCUT2D eigenvalue weighted by Gasteiger charge is -2.16. The molecule has 2 aromatic carbocycles. The van der Waals surface area contributed by atoms with Crippen LogP contribution in [0.15, 0.2) is 53.4 Å². The highest BCUT2D eigenvalue weighted by Gasteiger charge is 2.27. The van der Waals surface area contributed by atoms with Crippen LogP contribution in [0, 0.1) is 0 Å². The predicted octanol–water partition coefficient (Wildman–Crippen LogP) is 1.57. The Bertz CT molecular complexity index is 939. The number of nitrogens with zero attached hydrogens (tertiary/aromatic N) is 1. The monoisotopic (exact) mass is 418 g/mol. The van der Waals surface area contributed by atoms with Gasteiger partial charge in [-0.2, -0.15) is 4.31 Å². The first-order chi connectivity index (χ1) is 13.9. The van der Waals surface area contributed by atoms with E-state index < -0.39 is 10.0 Å². The van der Waals surface area contributed by atoms with Crippen LogP contribution in [-0.4, -0.2) is 44.9 Å². The van der Waals surface area contributed by atoms with Crippen molar-refractivity contribution in [1.29, 1.82) is 0 Å². The molecule has 29 heavy (non-hydrogen) atoms. The summed E-state index contributed by atoms with van der Waals surface area (Å²) in [7, 11) is -1.82. The van der Waals surface area contributed by atoms with E-state index in [-0.39, 0.29) is 16.8 Å². The zero-order valence-corrected chi connectivity index (χ0v) is 17.6. The Labute approximate surface area is 172 Å². The van der Waals surface area contributed by atoms with E-state index in [4.69, 9.17) is 4.74 Å². The summed E-state index contributed by atoms with van der Waals surface area (Å²) in [5.41, 5.74) is 1.65. The molecule has 8 heteroatoms.